The lowest BCUT2D eigenvalue weighted by Crippen LogP contribution is -2.45. The molecule has 2 N–H and O–H groups in total. The first-order valence-electron chi connectivity index (χ1n) is 7.21. The number of benzene rings is 1. The minimum absolute atomic E-state index is 0.133. The summed E-state index contributed by atoms with van der Waals surface area (Å²) >= 11 is 0. The molecule has 0 radical (unpaired) electrons. The highest BCUT2D eigenvalue weighted by atomic mass is 16.6. The number of hydrogen-bond donors (Lipinski definition) is 2. The molecule has 2 rings (SSSR count). The largest absolute Gasteiger partial charge is 0.497 e. The second-order valence-electron chi connectivity index (χ2n) is 6.25. The molecule has 2 atom stereocenters. The van der Waals surface area contributed by atoms with Crippen LogP contribution in [0.1, 0.15) is 32.3 Å². The van der Waals surface area contributed by atoms with E-state index in [0.717, 1.165) is 11.3 Å². The maximum absolute atomic E-state index is 12.0. The van der Waals surface area contributed by atoms with Crippen molar-refractivity contribution in [1.29, 1.82) is 0 Å². The summed E-state index contributed by atoms with van der Waals surface area (Å²) in [6.45, 7) is 5.82. The molecule has 1 saturated heterocycles. The Kier molecular flexibility index (Phi) is 4.59. The summed E-state index contributed by atoms with van der Waals surface area (Å²) in [4.78, 5) is 23.9. The Morgan fingerprint density at radius 3 is 2.45 bits per heavy atom. The van der Waals surface area contributed by atoms with Crippen molar-refractivity contribution in [2.45, 2.75) is 38.3 Å². The van der Waals surface area contributed by atoms with Crippen LogP contribution in [0, 0.1) is 0 Å². The van der Waals surface area contributed by atoms with Gasteiger partial charge in [-0.25, -0.2) is 4.79 Å². The van der Waals surface area contributed by atoms with Gasteiger partial charge < -0.3 is 20.1 Å². The van der Waals surface area contributed by atoms with Gasteiger partial charge in [0.25, 0.3) is 0 Å². The summed E-state index contributed by atoms with van der Waals surface area (Å²) in [7, 11) is 1.60. The van der Waals surface area contributed by atoms with Gasteiger partial charge in [-0.05, 0) is 38.5 Å². The summed E-state index contributed by atoms with van der Waals surface area (Å²) in [6, 6.07) is 6.83. The van der Waals surface area contributed by atoms with Crippen molar-refractivity contribution < 1.29 is 19.1 Å². The van der Waals surface area contributed by atoms with E-state index in [2.05, 4.69) is 10.6 Å². The van der Waals surface area contributed by atoms with Crippen molar-refractivity contribution in [1.82, 2.24) is 10.6 Å². The van der Waals surface area contributed by atoms with Crippen LogP contribution >= 0.6 is 0 Å². The molecule has 0 bridgehead atoms. The molecule has 1 aliphatic heterocycles. The highest BCUT2D eigenvalue weighted by molar-refractivity contribution is 5.89. The maximum atomic E-state index is 12.0. The van der Waals surface area contributed by atoms with Crippen molar-refractivity contribution in [3.05, 3.63) is 29.8 Å². The Morgan fingerprint density at radius 1 is 1.27 bits per heavy atom. The quantitative estimate of drug-likeness (QED) is 0.893. The molecule has 0 spiro atoms. The second kappa shape index (κ2) is 6.25. The molecular formula is C16H22N2O4. The van der Waals surface area contributed by atoms with Crippen LogP contribution in [0.3, 0.4) is 0 Å². The third kappa shape index (κ3) is 3.90. The third-order valence-electron chi connectivity index (χ3n) is 3.40. The van der Waals surface area contributed by atoms with E-state index < -0.39 is 17.7 Å². The highest BCUT2D eigenvalue weighted by Gasteiger charge is 2.37. The number of amides is 2. The molecule has 0 saturated carbocycles. The van der Waals surface area contributed by atoms with Crippen LogP contribution in [0.25, 0.3) is 0 Å². The molecule has 2 amide bonds. The average molecular weight is 306 g/mol. The van der Waals surface area contributed by atoms with Gasteiger partial charge >= 0.3 is 6.09 Å². The number of carbonyl (C=O) groups excluding carboxylic acids is 2. The van der Waals surface area contributed by atoms with Gasteiger partial charge in [0.2, 0.25) is 5.91 Å². The van der Waals surface area contributed by atoms with Crippen molar-refractivity contribution in [3.8, 4) is 5.75 Å². The SMILES string of the molecule is COc1ccc([C@@H]2CNC(=O)[C@@H]2NC(=O)OC(C)(C)C)cc1. The predicted octanol–water partition coefficient (Wildman–Crippen LogP) is 1.80. The topological polar surface area (TPSA) is 76.7 Å². The standard InChI is InChI=1S/C16H22N2O4/c1-16(2,3)22-15(20)18-13-12(9-17-14(13)19)10-5-7-11(21-4)8-6-10/h5-8,12-13H,9H2,1-4H3,(H,17,19)(H,18,20)/t12-,13+/m0/s1. The lowest BCUT2D eigenvalue weighted by atomic mass is 9.94. The van der Waals surface area contributed by atoms with Gasteiger partial charge in [-0.1, -0.05) is 12.1 Å². The molecule has 1 aliphatic rings. The summed E-state index contributed by atoms with van der Waals surface area (Å²) in [6.07, 6.45) is -0.590. The monoisotopic (exact) mass is 306 g/mol. The van der Waals surface area contributed by atoms with Crippen molar-refractivity contribution in [2.24, 2.45) is 0 Å². The number of methoxy groups -OCH3 is 1. The Balaban J connectivity index is 2.10. The number of nitrogens with one attached hydrogen (secondary N) is 2. The maximum Gasteiger partial charge on any atom is 0.408 e. The van der Waals surface area contributed by atoms with E-state index in [4.69, 9.17) is 9.47 Å². The van der Waals surface area contributed by atoms with E-state index in [0.29, 0.717) is 6.54 Å². The minimum atomic E-state index is -0.636. The Morgan fingerprint density at radius 2 is 1.91 bits per heavy atom. The minimum Gasteiger partial charge on any atom is -0.497 e. The Labute approximate surface area is 130 Å². The van der Waals surface area contributed by atoms with Crippen LogP contribution in [-0.4, -0.2) is 37.3 Å². The first-order valence-corrected chi connectivity index (χ1v) is 7.21. The van der Waals surface area contributed by atoms with Gasteiger partial charge in [-0.2, -0.15) is 0 Å². The number of carbonyl (C=O) groups is 2. The van der Waals surface area contributed by atoms with E-state index in [1.807, 2.05) is 24.3 Å². The van der Waals surface area contributed by atoms with Gasteiger partial charge in [0, 0.05) is 12.5 Å². The van der Waals surface area contributed by atoms with Gasteiger partial charge in [0.05, 0.1) is 7.11 Å². The van der Waals surface area contributed by atoms with Crippen molar-refractivity contribution >= 4 is 12.0 Å². The molecule has 120 valence electrons. The number of ether oxygens (including phenoxy) is 2. The zero-order chi connectivity index (χ0) is 16.3. The highest BCUT2D eigenvalue weighted by Crippen LogP contribution is 2.26. The zero-order valence-electron chi connectivity index (χ0n) is 13.3. The zero-order valence-corrected chi connectivity index (χ0v) is 13.3. The fraction of sp³-hybridized carbons (Fsp3) is 0.500. The molecule has 1 aromatic carbocycles. The van der Waals surface area contributed by atoms with Crippen LogP contribution in [-0.2, 0) is 9.53 Å². The lowest BCUT2D eigenvalue weighted by molar-refractivity contribution is -0.121. The fourth-order valence-electron chi connectivity index (χ4n) is 2.38. The van der Waals surface area contributed by atoms with Crippen LogP contribution in [0.2, 0.25) is 0 Å². The van der Waals surface area contributed by atoms with Crippen molar-refractivity contribution in [3.63, 3.8) is 0 Å². The predicted molar refractivity (Wildman–Crippen MR) is 81.9 cm³/mol. The Hall–Kier alpha value is -2.24. The normalized spacial score (nSPS) is 21.2. The van der Waals surface area contributed by atoms with E-state index in [-0.39, 0.29) is 11.8 Å². The molecule has 1 heterocycles. The van der Waals surface area contributed by atoms with E-state index in [9.17, 15) is 9.59 Å². The molecule has 1 fully saturated rings. The van der Waals surface area contributed by atoms with Crippen LogP contribution in [0.5, 0.6) is 5.75 Å². The molecule has 1 aromatic rings. The van der Waals surface area contributed by atoms with Gasteiger partial charge in [0.15, 0.2) is 0 Å². The first kappa shape index (κ1) is 16.1. The van der Waals surface area contributed by atoms with E-state index in [1.165, 1.54) is 0 Å². The van der Waals surface area contributed by atoms with Crippen LogP contribution in [0.15, 0.2) is 24.3 Å². The smallest absolute Gasteiger partial charge is 0.408 e. The number of rotatable bonds is 3. The summed E-state index contributed by atoms with van der Waals surface area (Å²) < 4.78 is 10.3. The second-order valence-corrected chi connectivity index (χ2v) is 6.25. The molecule has 6 nitrogen and oxygen atoms in total. The molecule has 6 heteroatoms. The van der Waals surface area contributed by atoms with Crippen LogP contribution < -0.4 is 15.4 Å². The van der Waals surface area contributed by atoms with Crippen molar-refractivity contribution in [2.75, 3.05) is 13.7 Å². The molecule has 22 heavy (non-hydrogen) atoms. The van der Waals surface area contributed by atoms with E-state index in [1.54, 1.807) is 27.9 Å². The van der Waals surface area contributed by atoms with Crippen LogP contribution in [0.4, 0.5) is 4.79 Å². The third-order valence-corrected chi connectivity index (χ3v) is 3.40. The summed E-state index contributed by atoms with van der Waals surface area (Å²) in [5, 5.41) is 5.43. The van der Waals surface area contributed by atoms with Gasteiger partial charge in [-0.3, -0.25) is 4.79 Å². The van der Waals surface area contributed by atoms with Gasteiger partial charge in [-0.15, -0.1) is 0 Å². The lowest BCUT2D eigenvalue weighted by Gasteiger charge is -2.23. The molecule has 0 aliphatic carbocycles. The molecule has 0 aromatic heterocycles. The average Bonchev–Trinajstić information content (AvgIpc) is 2.78. The van der Waals surface area contributed by atoms with Gasteiger partial charge in [0.1, 0.15) is 17.4 Å². The Bertz CT molecular complexity index is 548. The summed E-state index contributed by atoms with van der Waals surface area (Å²) in [5.74, 6) is 0.412. The molecular weight excluding hydrogens is 284 g/mol. The number of hydrogen-bond acceptors (Lipinski definition) is 4. The first-order chi connectivity index (χ1) is 10.3. The molecule has 0 unspecified atom stereocenters. The summed E-state index contributed by atoms with van der Waals surface area (Å²) in [5.41, 5.74) is 0.356. The fourth-order valence-corrected chi connectivity index (χ4v) is 2.38. The van der Waals surface area contributed by atoms with E-state index >= 15 is 0 Å². The number of alkyl carbamates (subject to hydrolysis) is 1.